The van der Waals surface area contributed by atoms with Crippen LogP contribution in [0.15, 0.2) is 215 Å². The van der Waals surface area contributed by atoms with E-state index in [-0.39, 0.29) is 0 Å². The maximum absolute atomic E-state index is 6.67. The van der Waals surface area contributed by atoms with Gasteiger partial charge in [0.15, 0.2) is 23.1 Å². The standard InChI is InChI=1S/C56H34N4O2/c1-4-13-35(14-5-1)36-23-25-37(26-24-36)38-27-29-41(30-28-38)54-58-53(40-15-6-2-7-16-40)59-55(60-54)51-44(32-34-48-50(51)45-20-10-11-22-47(45)61-48)43-21-12-19-39-31-33-46-52(49(39)43)62-56(57-46)42-17-8-3-9-18-42/h1-34H. The summed E-state index contributed by atoms with van der Waals surface area (Å²) in [6, 6.07) is 70.5. The Morgan fingerprint density at radius 3 is 1.53 bits per heavy atom. The first kappa shape index (κ1) is 35.5. The molecule has 0 saturated heterocycles. The first-order valence-corrected chi connectivity index (χ1v) is 20.6. The quantitative estimate of drug-likeness (QED) is 0.160. The first-order chi connectivity index (χ1) is 30.7. The van der Waals surface area contributed by atoms with E-state index in [1.807, 2.05) is 97.1 Å². The lowest BCUT2D eigenvalue weighted by Crippen LogP contribution is -2.01. The average Bonchev–Trinajstić information content (AvgIpc) is 3.97. The predicted octanol–water partition coefficient (Wildman–Crippen LogP) is 14.7. The smallest absolute Gasteiger partial charge is 0.227 e. The van der Waals surface area contributed by atoms with Crippen molar-refractivity contribution in [3.63, 3.8) is 0 Å². The minimum Gasteiger partial charge on any atom is -0.456 e. The van der Waals surface area contributed by atoms with E-state index in [0.29, 0.717) is 23.4 Å². The van der Waals surface area contributed by atoms with Crippen LogP contribution in [0.1, 0.15) is 0 Å². The zero-order valence-corrected chi connectivity index (χ0v) is 33.2. The van der Waals surface area contributed by atoms with Crippen LogP contribution in [-0.4, -0.2) is 19.9 Å². The monoisotopic (exact) mass is 794 g/mol. The second-order valence-corrected chi connectivity index (χ2v) is 15.4. The minimum atomic E-state index is 0.535. The van der Waals surface area contributed by atoms with Crippen molar-refractivity contribution in [2.75, 3.05) is 0 Å². The van der Waals surface area contributed by atoms with Gasteiger partial charge in [-0.25, -0.2) is 19.9 Å². The molecule has 6 nitrogen and oxygen atoms in total. The lowest BCUT2D eigenvalue weighted by atomic mass is 9.91. The largest absolute Gasteiger partial charge is 0.456 e. The van der Waals surface area contributed by atoms with Crippen molar-refractivity contribution >= 4 is 43.8 Å². The summed E-state index contributed by atoms with van der Waals surface area (Å²) >= 11 is 0. The van der Waals surface area contributed by atoms with Gasteiger partial charge >= 0.3 is 0 Å². The summed E-state index contributed by atoms with van der Waals surface area (Å²) in [4.78, 5) is 20.7. The Morgan fingerprint density at radius 2 is 0.855 bits per heavy atom. The highest BCUT2D eigenvalue weighted by Crippen LogP contribution is 2.45. The molecule has 290 valence electrons. The Morgan fingerprint density at radius 1 is 0.306 bits per heavy atom. The molecule has 0 amide bonds. The molecule has 0 N–H and O–H groups in total. The van der Waals surface area contributed by atoms with Crippen molar-refractivity contribution in [1.82, 2.24) is 19.9 Å². The van der Waals surface area contributed by atoms with Crippen LogP contribution in [-0.2, 0) is 0 Å². The summed E-state index contributed by atoms with van der Waals surface area (Å²) in [7, 11) is 0. The van der Waals surface area contributed by atoms with Crippen molar-refractivity contribution in [3.8, 4) is 79.0 Å². The molecule has 0 aliphatic rings. The fourth-order valence-corrected chi connectivity index (χ4v) is 8.59. The number of furan rings is 1. The fourth-order valence-electron chi connectivity index (χ4n) is 8.59. The van der Waals surface area contributed by atoms with E-state index >= 15 is 0 Å². The van der Waals surface area contributed by atoms with Gasteiger partial charge in [0.1, 0.15) is 16.7 Å². The van der Waals surface area contributed by atoms with Gasteiger partial charge in [-0.05, 0) is 75.2 Å². The molecule has 0 atom stereocenters. The van der Waals surface area contributed by atoms with E-state index in [2.05, 4.69) is 109 Å². The molecule has 0 radical (unpaired) electrons. The van der Waals surface area contributed by atoms with Crippen molar-refractivity contribution in [3.05, 3.63) is 206 Å². The zero-order valence-electron chi connectivity index (χ0n) is 33.2. The van der Waals surface area contributed by atoms with Gasteiger partial charge in [0.2, 0.25) is 5.89 Å². The topological polar surface area (TPSA) is 77.8 Å². The summed E-state index contributed by atoms with van der Waals surface area (Å²) in [5, 5.41) is 3.89. The van der Waals surface area contributed by atoms with Crippen LogP contribution in [0.4, 0.5) is 0 Å². The van der Waals surface area contributed by atoms with Crippen molar-refractivity contribution in [2.45, 2.75) is 0 Å². The molecule has 0 bridgehead atoms. The lowest BCUT2D eigenvalue weighted by Gasteiger charge is -2.15. The molecule has 3 aromatic heterocycles. The fraction of sp³-hybridized carbons (Fsp3) is 0. The molecule has 0 fully saturated rings. The summed E-state index contributed by atoms with van der Waals surface area (Å²) in [6.07, 6.45) is 0. The molecular formula is C56H34N4O2. The van der Waals surface area contributed by atoms with Crippen molar-refractivity contribution < 1.29 is 8.83 Å². The third kappa shape index (κ3) is 6.13. The van der Waals surface area contributed by atoms with Crippen LogP contribution in [0.25, 0.3) is 123 Å². The lowest BCUT2D eigenvalue weighted by molar-refractivity contribution is 0.623. The molecule has 0 aliphatic heterocycles. The van der Waals surface area contributed by atoms with E-state index in [4.69, 9.17) is 28.8 Å². The number of rotatable bonds is 7. The number of aromatic nitrogens is 4. The van der Waals surface area contributed by atoms with Gasteiger partial charge in [-0.1, -0.05) is 170 Å². The minimum absolute atomic E-state index is 0.535. The van der Waals surface area contributed by atoms with E-state index < -0.39 is 0 Å². The number of nitrogens with zero attached hydrogens (tertiary/aromatic N) is 4. The highest BCUT2D eigenvalue weighted by atomic mass is 16.3. The van der Waals surface area contributed by atoms with Crippen LogP contribution in [0.2, 0.25) is 0 Å². The van der Waals surface area contributed by atoms with Crippen LogP contribution in [0.5, 0.6) is 0 Å². The van der Waals surface area contributed by atoms with Gasteiger partial charge < -0.3 is 8.83 Å². The summed E-state index contributed by atoms with van der Waals surface area (Å²) in [5.74, 6) is 2.25. The van der Waals surface area contributed by atoms with Crippen molar-refractivity contribution in [1.29, 1.82) is 0 Å². The van der Waals surface area contributed by atoms with Gasteiger partial charge in [-0.3, -0.25) is 0 Å². The molecular weight excluding hydrogens is 761 g/mol. The maximum Gasteiger partial charge on any atom is 0.227 e. The normalized spacial score (nSPS) is 11.5. The van der Waals surface area contributed by atoms with Gasteiger partial charge in [-0.15, -0.1) is 0 Å². The molecule has 12 rings (SSSR count). The molecule has 0 unspecified atom stereocenters. The highest BCUT2D eigenvalue weighted by molar-refractivity contribution is 6.19. The van der Waals surface area contributed by atoms with Crippen LogP contribution in [0.3, 0.4) is 0 Å². The van der Waals surface area contributed by atoms with Crippen molar-refractivity contribution in [2.24, 2.45) is 0 Å². The Kier molecular flexibility index (Phi) is 8.38. The number of hydrogen-bond donors (Lipinski definition) is 0. The molecule has 9 aromatic carbocycles. The molecule has 3 heterocycles. The molecule has 62 heavy (non-hydrogen) atoms. The number of benzene rings is 9. The van der Waals surface area contributed by atoms with Gasteiger partial charge in [-0.2, -0.15) is 0 Å². The molecule has 6 heteroatoms. The van der Waals surface area contributed by atoms with E-state index in [0.717, 1.165) is 88.3 Å². The summed E-state index contributed by atoms with van der Waals surface area (Å²) < 4.78 is 13.2. The SMILES string of the molecule is c1ccc(-c2ccc(-c3ccc(-c4nc(-c5ccccc5)nc(-c5c(-c6cccc7ccc8nc(-c9ccccc9)oc8c67)ccc6oc7ccccc7c56)n4)cc3)cc2)cc1. The molecule has 0 spiro atoms. The predicted molar refractivity (Wildman–Crippen MR) is 250 cm³/mol. The van der Waals surface area contributed by atoms with E-state index in [1.165, 1.54) is 11.1 Å². The molecule has 0 saturated carbocycles. The van der Waals surface area contributed by atoms with Crippen LogP contribution in [0, 0.1) is 0 Å². The summed E-state index contributed by atoms with van der Waals surface area (Å²) in [5.41, 5.74) is 13.1. The molecule has 0 aliphatic carbocycles. The van der Waals surface area contributed by atoms with Gasteiger partial charge in [0, 0.05) is 38.4 Å². The number of oxazole rings is 1. The van der Waals surface area contributed by atoms with Gasteiger partial charge in [0.05, 0.1) is 0 Å². The number of hydrogen-bond acceptors (Lipinski definition) is 6. The Hall–Kier alpha value is -8.48. The molecule has 12 aromatic rings. The van der Waals surface area contributed by atoms with Crippen LogP contribution >= 0.6 is 0 Å². The average molecular weight is 795 g/mol. The Bertz CT molecular complexity index is 3600. The highest BCUT2D eigenvalue weighted by Gasteiger charge is 2.24. The zero-order chi connectivity index (χ0) is 41.0. The third-order valence-electron chi connectivity index (χ3n) is 11.6. The van der Waals surface area contributed by atoms with E-state index in [1.54, 1.807) is 0 Å². The van der Waals surface area contributed by atoms with Crippen LogP contribution < -0.4 is 0 Å². The van der Waals surface area contributed by atoms with Gasteiger partial charge in [0.25, 0.3) is 0 Å². The Balaban J connectivity index is 1.07. The number of fused-ring (bicyclic) bond motifs is 6. The second-order valence-electron chi connectivity index (χ2n) is 15.4. The van der Waals surface area contributed by atoms with E-state index in [9.17, 15) is 0 Å². The second kappa shape index (κ2) is 14.7. The third-order valence-corrected chi connectivity index (χ3v) is 11.6. The summed E-state index contributed by atoms with van der Waals surface area (Å²) in [6.45, 7) is 0. The first-order valence-electron chi connectivity index (χ1n) is 20.6. The number of para-hydroxylation sites is 1. The maximum atomic E-state index is 6.67. The Labute approximate surface area is 356 Å².